The molecule has 0 radical (unpaired) electrons. The second kappa shape index (κ2) is 5.27. The number of aromatic carboxylic acids is 1. The highest BCUT2D eigenvalue weighted by Gasteiger charge is 2.13. The standard InChI is InChI=1S/C18H12N2O4/c21-17(14-8-10-3-1-2-4-13(10)20-14)19-12-5-6-15-11(7-12)9-16(24-15)18(22)23/h1-9,20H,(H,19,21)(H,22,23). The van der Waals surface area contributed by atoms with Crippen LogP contribution in [0.25, 0.3) is 21.9 Å². The Morgan fingerprint density at radius 3 is 2.62 bits per heavy atom. The fourth-order valence-electron chi connectivity index (χ4n) is 2.62. The zero-order chi connectivity index (χ0) is 16.7. The predicted octanol–water partition coefficient (Wildman–Crippen LogP) is 3.86. The quantitative estimate of drug-likeness (QED) is 0.534. The Bertz CT molecular complexity index is 1060. The molecule has 2 heterocycles. The first-order valence-corrected chi connectivity index (χ1v) is 7.26. The third-order valence-electron chi connectivity index (χ3n) is 3.76. The van der Waals surface area contributed by atoms with Gasteiger partial charge in [-0.2, -0.15) is 0 Å². The van der Waals surface area contributed by atoms with Crippen LogP contribution in [-0.4, -0.2) is 22.0 Å². The molecular formula is C18H12N2O4. The van der Waals surface area contributed by atoms with Gasteiger partial charge in [0.2, 0.25) is 5.76 Å². The summed E-state index contributed by atoms with van der Waals surface area (Å²) in [6, 6.07) is 15.8. The summed E-state index contributed by atoms with van der Waals surface area (Å²) in [6.07, 6.45) is 0. The van der Waals surface area contributed by atoms with Crippen molar-refractivity contribution in [3.63, 3.8) is 0 Å². The number of rotatable bonds is 3. The fourth-order valence-corrected chi connectivity index (χ4v) is 2.62. The highest BCUT2D eigenvalue weighted by atomic mass is 16.4. The third kappa shape index (κ3) is 2.40. The number of aromatic nitrogens is 1. The van der Waals surface area contributed by atoms with Crippen molar-refractivity contribution in [1.29, 1.82) is 0 Å². The molecule has 4 rings (SSSR count). The molecule has 6 heteroatoms. The van der Waals surface area contributed by atoms with E-state index in [2.05, 4.69) is 10.3 Å². The molecule has 0 aliphatic rings. The molecule has 0 bridgehead atoms. The number of nitrogens with one attached hydrogen (secondary N) is 2. The first-order chi connectivity index (χ1) is 11.6. The molecule has 0 saturated heterocycles. The van der Waals surface area contributed by atoms with Crippen molar-refractivity contribution in [3.05, 3.63) is 66.1 Å². The van der Waals surface area contributed by atoms with Crippen LogP contribution in [0.5, 0.6) is 0 Å². The van der Waals surface area contributed by atoms with Crippen molar-refractivity contribution < 1.29 is 19.1 Å². The monoisotopic (exact) mass is 320 g/mol. The molecule has 0 saturated carbocycles. The van der Waals surface area contributed by atoms with Crippen LogP contribution in [-0.2, 0) is 0 Å². The molecule has 3 N–H and O–H groups in total. The maximum absolute atomic E-state index is 12.4. The molecule has 0 atom stereocenters. The molecule has 6 nitrogen and oxygen atoms in total. The molecule has 0 spiro atoms. The lowest BCUT2D eigenvalue weighted by molar-refractivity contribution is 0.0665. The van der Waals surface area contributed by atoms with E-state index in [4.69, 9.17) is 9.52 Å². The lowest BCUT2D eigenvalue weighted by Crippen LogP contribution is -2.11. The second-order valence-corrected chi connectivity index (χ2v) is 5.39. The Labute approximate surface area is 135 Å². The number of hydrogen-bond acceptors (Lipinski definition) is 3. The molecule has 0 aliphatic heterocycles. The minimum absolute atomic E-state index is 0.135. The predicted molar refractivity (Wildman–Crippen MR) is 89.4 cm³/mol. The minimum Gasteiger partial charge on any atom is -0.475 e. The van der Waals surface area contributed by atoms with E-state index in [1.165, 1.54) is 6.07 Å². The Kier molecular flexibility index (Phi) is 3.09. The molecule has 4 aromatic rings. The van der Waals surface area contributed by atoms with Gasteiger partial charge in [-0.25, -0.2) is 4.79 Å². The smallest absolute Gasteiger partial charge is 0.371 e. The Morgan fingerprint density at radius 1 is 1.00 bits per heavy atom. The van der Waals surface area contributed by atoms with Crippen molar-refractivity contribution in [2.75, 3.05) is 5.32 Å². The van der Waals surface area contributed by atoms with E-state index in [0.717, 1.165) is 10.9 Å². The maximum Gasteiger partial charge on any atom is 0.371 e. The number of carbonyl (C=O) groups excluding carboxylic acids is 1. The van der Waals surface area contributed by atoms with Gasteiger partial charge in [-0.3, -0.25) is 4.79 Å². The van der Waals surface area contributed by atoms with Gasteiger partial charge in [-0.15, -0.1) is 0 Å². The van der Waals surface area contributed by atoms with E-state index < -0.39 is 5.97 Å². The molecule has 0 unspecified atom stereocenters. The molecule has 0 fully saturated rings. The summed E-state index contributed by atoms with van der Waals surface area (Å²) in [4.78, 5) is 26.4. The second-order valence-electron chi connectivity index (χ2n) is 5.39. The zero-order valence-corrected chi connectivity index (χ0v) is 12.4. The molecule has 2 aromatic carbocycles. The van der Waals surface area contributed by atoms with Gasteiger partial charge in [-0.05, 0) is 36.4 Å². The number of amides is 1. The van der Waals surface area contributed by atoms with E-state index in [1.807, 2.05) is 24.3 Å². The molecule has 0 aliphatic carbocycles. The van der Waals surface area contributed by atoms with E-state index in [-0.39, 0.29) is 11.7 Å². The van der Waals surface area contributed by atoms with Crippen LogP contribution >= 0.6 is 0 Å². The van der Waals surface area contributed by atoms with Gasteiger partial charge in [0, 0.05) is 22.0 Å². The SMILES string of the molecule is O=C(Nc1ccc2oc(C(=O)O)cc2c1)c1cc2ccccc2[nH]1. The van der Waals surface area contributed by atoms with Crippen LogP contribution in [0.2, 0.25) is 0 Å². The van der Waals surface area contributed by atoms with Crippen molar-refractivity contribution in [1.82, 2.24) is 4.98 Å². The number of anilines is 1. The van der Waals surface area contributed by atoms with Gasteiger partial charge in [0.1, 0.15) is 11.3 Å². The number of carboxylic acids is 1. The Morgan fingerprint density at radius 2 is 1.83 bits per heavy atom. The third-order valence-corrected chi connectivity index (χ3v) is 3.76. The average Bonchev–Trinajstić information content (AvgIpc) is 3.18. The first kappa shape index (κ1) is 14.1. The van der Waals surface area contributed by atoms with Crippen LogP contribution < -0.4 is 5.32 Å². The summed E-state index contributed by atoms with van der Waals surface area (Å²) in [6.45, 7) is 0. The summed E-state index contributed by atoms with van der Waals surface area (Å²) in [5, 5.41) is 13.3. The zero-order valence-electron chi connectivity index (χ0n) is 12.4. The number of aromatic amines is 1. The first-order valence-electron chi connectivity index (χ1n) is 7.26. The lowest BCUT2D eigenvalue weighted by Gasteiger charge is -2.03. The fraction of sp³-hybridized carbons (Fsp3) is 0. The van der Waals surface area contributed by atoms with E-state index in [9.17, 15) is 9.59 Å². The minimum atomic E-state index is -1.13. The Hall–Kier alpha value is -3.54. The van der Waals surface area contributed by atoms with Crippen LogP contribution in [0.1, 0.15) is 21.0 Å². The summed E-state index contributed by atoms with van der Waals surface area (Å²) >= 11 is 0. The van der Waals surface area contributed by atoms with Gasteiger partial charge in [0.15, 0.2) is 0 Å². The lowest BCUT2D eigenvalue weighted by atomic mass is 10.2. The van der Waals surface area contributed by atoms with Gasteiger partial charge in [0.25, 0.3) is 5.91 Å². The van der Waals surface area contributed by atoms with Gasteiger partial charge >= 0.3 is 5.97 Å². The summed E-state index contributed by atoms with van der Waals surface area (Å²) < 4.78 is 5.20. The molecule has 118 valence electrons. The topological polar surface area (TPSA) is 95.3 Å². The van der Waals surface area contributed by atoms with Crippen LogP contribution in [0.15, 0.2) is 59.0 Å². The molecule has 1 amide bonds. The molecular weight excluding hydrogens is 308 g/mol. The number of hydrogen-bond donors (Lipinski definition) is 3. The van der Waals surface area contributed by atoms with Gasteiger partial charge in [0.05, 0.1) is 0 Å². The number of carboxylic acid groups (broad SMARTS) is 1. The number of para-hydroxylation sites is 1. The van der Waals surface area contributed by atoms with E-state index in [0.29, 0.717) is 22.4 Å². The number of benzene rings is 2. The normalized spacial score (nSPS) is 11.0. The van der Waals surface area contributed by atoms with Crippen LogP contribution in [0.3, 0.4) is 0 Å². The highest BCUT2D eigenvalue weighted by molar-refractivity contribution is 6.06. The number of carbonyl (C=O) groups is 2. The summed E-state index contributed by atoms with van der Waals surface area (Å²) in [5.41, 5.74) is 2.36. The highest BCUT2D eigenvalue weighted by Crippen LogP contribution is 2.24. The molecule has 24 heavy (non-hydrogen) atoms. The van der Waals surface area contributed by atoms with Crippen molar-refractivity contribution >= 4 is 39.4 Å². The average molecular weight is 320 g/mol. The number of fused-ring (bicyclic) bond motifs is 2. The van der Waals surface area contributed by atoms with Crippen molar-refractivity contribution in [2.45, 2.75) is 0 Å². The summed E-state index contributed by atoms with van der Waals surface area (Å²) in [7, 11) is 0. The molecule has 2 aromatic heterocycles. The van der Waals surface area contributed by atoms with Crippen molar-refractivity contribution in [2.24, 2.45) is 0 Å². The van der Waals surface area contributed by atoms with Crippen LogP contribution in [0.4, 0.5) is 5.69 Å². The maximum atomic E-state index is 12.4. The van der Waals surface area contributed by atoms with Crippen molar-refractivity contribution in [3.8, 4) is 0 Å². The largest absolute Gasteiger partial charge is 0.475 e. The Balaban J connectivity index is 1.62. The van der Waals surface area contributed by atoms with E-state index >= 15 is 0 Å². The van der Waals surface area contributed by atoms with Gasteiger partial charge < -0.3 is 19.8 Å². The van der Waals surface area contributed by atoms with Gasteiger partial charge in [-0.1, -0.05) is 18.2 Å². The van der Waals surface area contributed by atoms with E-state index in [1.54, 1.807) is 24.3 Å². The number of H-pyrrole nitrogens is 1. The summed E-state index contributed by atoms with van der Waals surface area (Å²) in [5.74, 6) is -1.54. The number of furan rings is 1. The van der Waals surface area contributed by atoms with Crippen LogP contribution in [0, 0.1) is 0 Å².